The average molecular weight is 660 g/mol. The highest BCUT2D eigenvalue weighted by atomic mass is 127. The van der Waals surface area contributed by atoms with Gasteiger partial charge in [-0.05, 0) is 90.0 Å². The molecule has 39 heavy (non-hydrogen) atoms. The van der Waals surface area contributed by atoms with Crippen LogP contribution in [0.15, 0.2) is 66.2 Å². The summed E-state index contributed by atoms with van der Waals surface area (Å²) in [5.41, 5.74) is 2.01. The Balaban J connectivity index is 1.56. The van der Waals surface area contributed by atoms with E-state index in [1.807, 2.05) is 29.5 Å². The Kier molecular flexibility index (Phi) is 8.87. The van der Waals surface area contributed by atoms with Gasteiger partial charge in [-0.1, -0.05) is 35.9 Å². The van der Waals surface area contributed by atoms with Crippen molar-refractivity contribution in [2.45, 2.75) is 13.8 Å². The van der Waals surface area contributed by atoms with Crippen LogP contribution >= 0.6 is 34.2 Å². The van der Waals surface area contributed by atoms with Crippen LogP contribution in [0.25, 0.3) is 6.08 Å². The number of para-hydroxylation sites is 1. The molecular formula is C28H23ClIN3O6. The highest BCUT2D eigenvalue weighted by molar-refractivity contribution is 14.1. The van der Waals surface area contributed by atoms with Crippen LogP contribution in [0.3, 0.4) is 0 Å². The first-order chi connectivity index (χ1) is 18.7. The van der Waals surface area contributed by atoms with Gasteiger partial charge < -0.3 is 14.8 Å². The van der Waals surface area contributed by atoms with Crippen LogP contribution in [0.2, 0.25) is 5.02 Å². The van der Waals surface area contributed by atoms with Gasteiger partial charge in [-0.15, -0.1) is 0 Å². The van der Waals surface area contributed by atoms with E-state index in [1.54, 1.807) is 67.6 Å². The van der Waals surface area contributed by atoms with E-state index in [9.17, 15) is 19.2 Å². The zero-order valence-corrected chi connectivity index (χ0v) is 23.8. The molecule has 1 aliphatic heterocycles. The topological polar surface area (TPSA) is 114 Å². The van der Waals surface area contributed by atoms with Crippen molar-refractivity contribution in [3.05, 3.63) is 86.0 Å². The Hall–Kier alpha value is -3.90. The van der Waals surface area contributed by atoms with Gasteiger partial charge in [0.25, 0.3) is 17.7 Å². The zero-order chi connectivity index (χ0) is 28.1. The van der Waals surface area contributed by atoms with Crippen molar-refractivity contribution < 1.29 is 28.7 Å². The predicted molar refractivity (Wildman–Crippen MR) is 156 cm³/mol. The highest BCUT2D eigenvalue weighted by Gasteiger charge is 2.36. The fourth-order valence-electron chi connectivity index (χ4n) is 3.72. The molecule has 5 amide bonds. The second-order valence-electron chi connectivity index (χ2n) is 8.36. The summed E-state index contributed by atoms with van der Waals surface area (Å²) in [6, 6.07) is 15.9. The Morgan fingerprint density at radius 3 is 2.51 bits per heavy atom. The number of halogens is 2. The van der Waals surface area contributed by atoms with Crippen molar-refractivity contribution in [1.29, 1.82) is 0 Å². The first-order valence-corrected chi connectivity index (χ1v) is 13.2. The molecule has 1 aliphatic rings. The van der Waals surface area contributed by atoms with Gasteiger partial charge in [0, 0.05) is 10.7 Å². The maximum absolute atomic E-state index is 13.1. The number of hydrogen-bond acceptors (Lipinski definition) is 6. The minimum atomic E-state index is -0.826. The number of rotatable bonds is 8. The lowest BCUT2D eigenvalue weighted by atomic mass is 10.1. The van der Waals surface area contributed by atoms with Crippen LogP contribution in [0.5, 0.6) is 11.5 Å². The van der Waals surface area contributed by atoms with E-state index in [0.29, 0.717) is 43.6 Å². The number of nitrogens with zero attached hydrogens (tertiary/aromatic N) is 1. The molecule has 0 aromatic heterocycles. The molecule has 4 rings (SSSR count). The summed E-state index contributed by atoms with van der Waals surface area (Å²) in [6.45, 7) is 3.66. The maximum atomic E-state index is 13.1. The second-order valence-corrected chi connectivity index (χ2v) is 9.93. The summed E-state index contributed by atoms with van der Waals surface area (Å²) in [6.07, 6.45) is 1.38. The van der Waals surface area contributed by atoms with Crippen LogP contribution in [-0.4, -0.2) is 37.0 Å². The Morgan fingerprint density at radius 1 is 1.08 bits per heavy atom. The Bertz CT molecular complexity index is 1490. The summed E-state index contributed by atoms with van der Waals surface area (Å²) in [7, 11) is 0. The SMILES string of the molecule is CCOc1cc(/C=C2/C(=O)NC(=O)N(c3ccccc3)C2=O)cc(I)c1OCC(=O)Nc1ccc(C)c(Cl)c1. The van der Waals surface area contributed by atoms with Gasteiger partial charge in [0.1, 0.15) is 5.57 Å². The van der Waals surface area contributed by atoms with Crippen molar-refractivity contribution in [1.82, 2.24) is 5.32 Å². The molecule has 0 radical (unpaired) electrons. The minimum absolute atomic E-state index is 0.221. The molecule has 0 aliphatic carbocycles. The van der Waals surface area contributed by atoms with Crippen LogP contribution in [0.4, 0.5) is 16.2 Å². The molecule has 0 saturated carbocycles. The fourth-order valence-corrected chi connectivity index (χ4v) is 4.68. The summed E-state index contributed by atoms with van der Waals surface area (Å²) >= 11 is 8.14. The number of nitrogens with one attached hydrogen (secondary N) is 2. The van der Waals surface area contributed by atoms with E-state index < -0.39 is 23.8 Å². The van der Waals surface area contributed by atoms with Crippen LogP contribution in [-0.2, 0) is 14.4 Å². The smallest absolute Gasteiger partial charge is 0.335 e. The normalized spacial score (nSPS) is 14.3. The molecule has 3 aromatic rings. The molecule has 9 nitrogen and oxygen atoms in total. The number of barbiturate groups is 1. The Morgan fingerprint density at radius 2 is 1.82 bits per heavy atom. The van der Waals surface area contributed by atoms with E-state index in [-0.39, 0.29) is 12.2 Å². The first-order valence-electron chi connectivity index (χ1n) is 11.8. The molecule has 0 atom stereocenters. The lowest BCUT2D eigenvalue weighted by molar-refractivity contribution is -0.122. The third-order valence-corrected chi connectivity index (χ3v) is 6.77. The van der Waals surface area contributed by atoms with Crippen LogP contribution < -0.4 is 25.0 Å². The van der Waals surface area contributed by atoms with E-state index in [4.69, 9.17) is 21.1 Å². The van der Waals surface area contributed by atoms with Gasteiger partial charge in [-0.3, -0.25) is 19.7 Å². The molecule has 3 aromatic carbocycles. The molecule has 2 N–H and O–H groups in total. The Labute approximate surface area is 243 Å². The number of carbonyl (C=O) groups is 4. The maximum Gasteiger partial charge on any atom is 0.335 e. The first kappa shape index (κ1) is 28.1. The van der Waals surface area contributed by atoms with Gasteiger partial charge in [-0.25, -0.2) is 9.69 Å². The molecule has 1 heterocycles. The third kappa shape index (κ3) is 6.58. The molecule has 11 heteroatoms. The van der Waals surface area contributed by atoms with Crippen molar-refractivity contribution in [3.63, 3.8) is 0 Å². The molecule has 0 bridgehead atoms. The van der Waals surface area contributed by atoms with Crippen LogP contribution in [0.1, 0.15) is 18.1 Å². The molecular weight excluding hydrogens is 637 g/mol. The van der Waals surface area contributed by atoms with Crippen molar-refractivity contribution in [2.24, 2.45) is 0 Å². The number of hydrogen-bond donors (Lipinski definition) is 2. The molecule has 1 saturated heterocycles. The number of imide groups is 2. The third-order valence-electron chi connectivity index (χ3n) is 5.56. The largest absolute Gasteiger partial charge is 0.490 e. The number of ether oxygens (including phenoxy) is 2. The van der Waals surface area contributed by atoms with Gasteiger partial charge >= 0.3 is 6.03 Å². The van der Waals surface area contributed by atoms with E-state index >= 15 is 0 Å². The van der Waals surface area contributed by atoms with E-state index in [1.165, 1.54) is 6.08 Å². The number of urea groups is 1. The zero-order valence-electron chi connectivity index (χ0n) is 20.9. The lowest BCUT2D eigenvalue weighted by Crippen LogP contribution is -2.54. The fraction of sp³-hybridized carbons (Fsp3) is 0.143. The van der Waals surface area contributed by atoms with Crippen molar-refractivity contribution in [2.75, 3.05) is 23.4 Å². The van der Waals surface area contributed by atoms with Crippen LogP contribution in [0, 0.1) is 10.5 Å². The van der Waals surface area contributed by atoms with Gasteiger partial charge in [0.2, 0.25) is 0 Å². The van der Waals surface area contributed by atoms with Gasteiger partial charge in [-0.2, -0.15) is 0 Å². The van der Waals surface area contributed by atoms with E-state index in [0.717, 1.165) is 10.5 Å². The summed E-state index contributed by atoms with van der Waals surface area (Å²) in [4.78, 5) is 51.5. The quantitative estimate of drug-likeness (QED) is 0.192. The molecule has 0 spiro atoms. The number of amides is 5. The summed E-state index contributed by atoms with van der Waals surface area (Å²) in [5.74, 6) is -1.30. The standard InChI is InChI=1S/C28H23ClIN3O6/c1-3-38-23-13-17(11-20-26(35)32-28(37)33(27(20)36)19-7-5-4-6-8-19)12-22(30)25(23)39-15-24(34)31-18-10-9-16(2)21(29)14-18/h4-14H,3,15H2,1-2H3,(H,31,34)(H,32,35,37)/b20-11-. The minimum Gasteiger partial charge on any atom is -0.490 e. The monoisotopic (exact) mass is 659 g/mol. The average Bonchev–Trinajstić information content (AvgIpc) is 2.89. The van der Waals surface area contributed by atoms with Gasteiger partial charge in [0.15, 0.2) is 18.1 Å². The van der Waals surface area contributed by atoms with Crippen molar-refractivity contribution in [3.8, 4) is 11.5 Å². The van der Waals surface area contributed by atoms with Crippen molar-refractivity contribution >= 4 is 75.4 Å². The molecule has 1 fully saturated rings. The second kappa shape index (κ2) is 12.3. The lowest BCUT2D eigenvalue weighted by Gasteiger charge is -2.26. The summed E-state index contributed by atoms with van der Waals surface area (Å²) in [5, 5.41) is 5.47. The van der Waals surface area contributed by atoms with E-state index in [2.05, 4.69) is 10.6 Å². The van der Waals surface area contributed by atoms with Gasteiger partial charge in [0.05, 0.1) is 15.9 Å². The number of benzene rings is 3. The summed E-state index contributed by atoms with van der Waals surface area (Å²) < 4.78 is 12.1. The molecule has 200 valence electrons. The highest BCUT2D eigenvalue weighted by Crippen LogP contribution is 2.35. The number of carbonyl (C=O) groups excluding carboxylic acids is 4. The molecule has 0 unspecified atom stereocenters. The predicted octanol–water partition coefficient (Wildman–Crippen LogP) is 5.34. The number of aryl methyl sites for hydroxylation is 1. The number of anilines is 2.